The second kappa shape index (κ2) is 8.55. The van der Waals surface area contributed by atoms with E-state index in [1.165, 1.54) is 0 Å². The molecule has 27 heavy (non-hydrogen) atoms. The van der Waals surface area contributed by atoms with E-state index in [1.807, 2.05) is 42.6 Å². The average molecular weight is 364 g/mol. The van der Waals surface area contributed by atoms with Crippen LogP contribution in [0.25, 0.3) is 0 Å². The predicted molar refractivity (Wildman–Crippen MR) is 104 cm³/mol. The number of likely N-dealkylation sites (N-methyl/N-ethyl adjacent to an activating group) is 1. The molecule has 1 unspecified atom stereocenters. The molecule has 0 radical (unpaired) electrons. The number of aromatic nitrogens is 4. The number of rotatable bonds is 7. The summed E-state index contributed by atoms with van der Waals surface area (Å²) in [5.41, 5.74) is 2.74. The molecule has 1 N–H and O–H groups in total. The van der Waals surface area contributed by atoms with Crippen molar-refractivity contribution in [1.29, 1.82) is 0 Å². The molecule has 7 heteroatoms. The van der Waals surface area contributed by atoms with Crippen molar-refractivity contribution in [3.63, 3.8) is 0 Å². The number of nitrogens with zero attached hydrogens (tertiary/aromatic N) is 5. The van der Waals surface area contributed by atoms with Gasteiger partial charge in [-0.3, -0.25) is 24.7 Å². The lowest BCUT2D eigenvalue weighted by Gasteiger charge is -2.24. The van der Waals surface area contributed by atoms with E-state index >= 15 is 0 Å². The molecular weight excluding hydrogens is 340 g/mol. The van der Waals surface area contributed by atoms with Gasteiger partial charge in [-0.25, -0.2) is 4.98 Å². The maximum absolute atomic E-state index is 12.4. The van der Waals surface area contributed by atoms with E-state index in [-0.39, 0.29) is 5.91 Å². The molecule has 0 aliphatic carbocycles. The summed E-state index contributed by atoms with van der Waals surface area (Å²) in [6.07, 6.45) is 4.24. The van der Waals surface area contributed by atoms with Crippen molar-refractivity contribution >= 4 is 11.9 Å². The molecule has 2 heterocycles. The van der Waals surface area contributed by atoms with Gasteiger partial charge in [0.05, 0.1) is 0 Å². The molecule has 0 aliphatic rings. The molecule has 7 nitrogen and oxygen atoms in total. The number of aryl methyl sites for hydroxylation is 1. The largest absolute Gasteiger partial charge is 0.299 e. The molecule has 0 saturated carbocycles. The van der Waals surface area contributed by atoms with E-state index in [0.717, 1.165) is 24.2 Å². The highest BCUT2D eigenvalue weighted by Crippen LogP contribution is 2.13. The second-order valence-corrected chi connectivity index (χ2v) is 6.69. The lowest BCUT2D eigenvalue weighted by molar-refractivity contribution is 0.102. The van der Waals surface area contributed by atoms with Crippen LogP contribution in [0.5, 0.6) is 0 Å². The Balaban J connectivity index is 1.61. The van der Waals surface area contributed by atoms with Gasteiger partial charge in [-0.05, 0) is 43.8 Å². The Kier molecular flexibility index (Phi) is 5.93. The fraction of sp³-hybridized carbons (Fsp3) is 0.300. The third-order valence-corrected chi connectivity index (χ3v) is 4.43. The molecule has 0 aliphatic heterocycles. The highest BCUT2D eigenvalue weighted by atomic mass is 16.1. The molecule has 3 rings (SSSR count). The van der Waals surface area contributed by atoms with E-state index in [0.29, 0.717) is 17.6 Å². The fourth-order valence-electron chi connectivity index (χ4n) is 2.80. The number of pyridine rings is 1. The van der Waals surface area contributed by atoms with Gasteiger partial charge in [-0.1, -0.05) is 18.2 Å². The molecule has 1 atom stereocenters. The van der Waals surface area contributed by atoms with E-state index in [1.54, 1.807) is 24.1 Å². The Hall–Kier alpha value is -3.06. The van der Waals surface area contributed by atoms with Crippen molar-refractivity contribution < 1.29 is 4.79 Å². The second-order valence-electron chi connectivity index (χ2n) is 6.69. The van der Waals surface area contributed by atoms with Crippen LogP contribution in [-0.2, 0) is 20.0 Å². The van der Waals surface area contributed by atoms with Gasteiger partial charge in [-0.2, -0.15) is 0 Å². The van der Waals surface area contributed by atoms with E-state index in [9.17, 15) is 4.79 Å². The molecular formula is C20H24N6O. The molecule has 0 fully saturated rings. The number of benzene rings is 1. The van der Waals surface area contributed by atoms with Crippen molar-refractivity contribution in [3.8, 4) is 0 Å². The Bertz CT molecular complexity index is 892. The highest BCUT2D eigenvalue weighted by molar-refractivity contribution is 6.03. The Morgan fingerprint density at radius 3 is 2.78 bits per heavy atom. The van der Waals surface area contributed by atoms with Crippen molar-refractivity contribution in [2.75, 3.05) is 12.4 Å². The lowest BCUT2D eigenvalue weighted by Crippen LogP contribution is -2.30. The van der Waals surface area contributed by atoms with E-state index in [4.69, 9.17) is 0 Å². The van der Waals surface area contributed by atoms with Crippen LogP contribution in [0.3, 0.4) is 0 Å². The molecule has 1 aromatic carbocycles. The zero-order valence-corrected chi connectivity index (χ0v) is 15.8. The van der Waals surface area contributed by atoms with Crippen LogP contribution < -0.4 is 5.32 Å². The number of nitrogens with one attached hydrogen (secondary N) is 1. The SMILES string of the molecule is CC(Cc1ccccn1)N(C)Cc1cccc(C(=O)Nc2ncn(C)n2)c1. The van der Waals surface area contributed by atoms with E-state index in [2.05, 4.69) is 39.3 Å². The number of anilines is 1. The number of hydrogen-bond acceptors (Lipinski definition) is 5. The summed E-state index contributed by atoms with van der Waals surface area (Å²) < 4.78 is 1.55. The lowest BCUT2D eigenvalue weighted by atomic mass is 10.1. The van der Waals surface area contributed by atoms with Crippen LogP contribution >= 0.6 is 0 Å². The normalized spacial score (nSPS) is 12.1. The van der Waals surface area contributed by atoms with Crippen LogP contribution in [-0.4, -0.2) is 43.6 Å². The topological polar surface area (TPSA) is 75.9 Å². The summed E-state index contributed by atoms with van der Waals surface area (Å²) in [6, 6.07) is 13.9. The summed E-state index contributed by atoms with van der Waals surface area (Å²) in [4.78, 5) is 23.1. The van der Waals surface area contributed by atoms with Gasteiger partial charge in [-0.15, -0.1) is 5.10 Å². The predicted octanol–water partition coefficient (Wildman–Crippen LogP) is 2.53. The first kappa shape index (κ1) is 18.7. The number of hydrogen-bond donors (Lipinski definition) is 1. The van der Waals surface area contributed by atoms with Crippen LogP contribution in [0.2, 0.25) is 0 Å². The zero-order valence-electron chi connectivity index (χ0n) is 15.8. The van der Waals surface area contributed by atoms with Crippen LogP contribution in [0.1, 0.15) is 28.5 Å². The molecule has 0 spiro atoms. The molecule has 0 saturated heterocycles. The van der Waals surface area contributed by atoms with Gasteiger partial charge < -0.3 is 0 Å². The quantitative estimate of drug-likeness (QED) is 0.697. The van der Waals surface area contributed by atoms with Gasteiger partial charge in [0.2, 0.25) is 5.95 Å². The van der Waals surface area contributed by atoms with Crippen LogP contribution in [0, 0.1) is 0 Å². The summed E-state index contributed by atoms with van der Waals surface area (Å²) in [6.45, 7) is 2.93. The summed E-state index contributed by atoms with van der Waals surface area (Å²) in [5.74, 6) is 0.0845. The molecule has 3 aromatic rings. The first-order valence-corrected chi connectivity index (χ1v) is 8.87. The monoisotopic (exact) mass is 364 g/mol. The fourth-order valence-corrected chi connectivity index (χ4v) is 2.80. The first-order chi connectivity index (χ1) is 13.0. The summed E-state index contributed by atoms with van der Waals surface area (Å²) in [5, 5.41) is 6.78. The first-order valence-electron chi connectivity index (χ1n) is 8.87. The van der Waals surface area contributed by atoms with Gasteiger partial charge in [0.25, 0.3) is 5.91 Å². The van der Waals surface area contributed by atoms with Crippen LogP contribution in [0.15, 0.2) is 55.0 Å². The molecule has 2 aromatic heterocycles. The number of amides is 1. The van der Waals surface area contributed by atoms with Crippen molar-refractivity contribution in [2.24, 2.45) is 7.05 Å². The molecule has 140 valence electrons. The number of carbonyl (C=O) groups excluding carboxylic acids is 1. The minimum absolute atomic E-state index is 0.216. The Morgan fingerprint density at radius 2 is 2.07 bits per heavy atom. The summed E-state index contributed by atoms with van der Waals surface area (Å²) >= 11 is 0. The summed E-state index contributed by atoms with van der Waals surface area (Å²) in [7, 11) is 3.84. The third kappa shape index (κ3) is 5.21. The molecule has 1 amide bonds. The highest BCUT2D eigenvalue weighted by Gasteiger charge is 2.13. The van der Waals surface area contributed by atoms with Crippen LogP contribution in [0.4, 0.5) is 5.95 Å². The zero-order chi connectivity index (χ0) is 19.2. The van der Waals surface area contributed by atoms with Crippen molar-refractivity contribution in [1.82, 2.24) is 24.6 Å². The van der Waals surface area contributed by atoms with E-state index < -0.39 is 0 Å². The standard InChI is InChI=1S/C20H24N6O/c1-15(11-18-9-4-5-10-21-18)25(2)13-16-7-6-8-17(12-16)19(27)23-20-22-14-26(3)24-20/h4-10,12,14-15H,11,13H2,1-3H3,(H,23,24,27). The van der Waals surface area contributed by atoms with Gasteiger partial charge >= 0.3 is 0 Å². The van der Waals surface area contributed by atoms with Crippen molar-refractivity contribution in [3.05, 3.63) is 71.8 Å². The third-order valence-electron chi connectivity index (χ3n) is 4.43. The Morgan fingerprint density at radius 1 is 1.22 bits per heavy atom. The van der Waals surface area contributed by atoms with Gasteiger partial charge in [0.1, 0.15) is 6.33 Å². The Labute approximate surface area is 159 Å². The molecule has 0 bridgehead atoms. The smallest absolute Gasteiger partial charge is 0.258 e. The average Bonchev–Trinajstić information content (AvgIpc) is 3.07. The maximum atomic E-state index is 12.4. The van der Waals surface area contributed by atoms with Gasteiger partial charge in [0, 0.05) is 43.5 Å². The minimum Gasteiger partial charge on any atom is -0.299 e. The van der Waals surface area contributed by atoms with Gasteiger partial charge in [0.15, 0.2) is 0 Å². The maximum Gasteiger partial charge on any atom is 0.258 e. The van der Waals surface area contributed by atoms with Crippen molar-refractivity contribution in [2.45, 2.75) is 25.9 Å². The minimum atomic E-state index is -0.216. The number of carbonyl (C=O) groups is 1.